The van der Waals surface area contributed by atoms with E-state index in [1.54, 1.807) is 23.7 Å². The highest BCUT2D eigenvalue weighted by Gasteiger charge is 2.20. The lowest BCUT2D eigenvalue weighted by Crippen LogP contribution is -2.32. The zero-order valence-corrected chi connectivity index (χ0v) is 26.6. The lowest BCUT2D eigenvalue weighted by molar-refractivity contribution is -0.111. The van der Waals surface area contributed by atoms with E-state index in [0.717, 1.165) is 24.5 Å². The summed E-state index contributed by atoms with van der Waals surface area (Å²) in [6.07, 6.45) is 4.34. The Morgan fingerprint density at radius 1 is 1.10 bits per heavy atom. The highest BCUT2D eigenvalue weighted by Crippen LogP contribution is 2.38. The number of nitrogens with zero attached hydrogens (tertiary/aromatic N) is 5. The maximum Gasteiger partial charge on any atom is 0.247 e. The average molecular weight is 615 g/mol. The van der Waals surface area contributed by atoms with E-state index >= 15 is 0 Å². The van der Waals surface area contributed by atoms with E-state index in [-0.39, 0.29) is 17.9 Å². The normalized spacial score (nSPS) is 11.7. The minimum Gasteiger partial charge on any atom is -0.494 e. The lowest BCUT2D eigenvalue weighted by Gasteiger charge is -2.28. The molecule has 0 bridgehead atoms. The van der Waals surface area contributed by atoms with E-state index in [0.29, 0.717) is 33.7 Å². The predicted molar refractivity (Wildman–Crippen MR) is 175 cm³/mol. The Balaban J connectivity index is 1.99. The highest BCUT2D eigenvalue weighted by atomic mass is 35.5. The summed E-state index contributed by atoms with van der Waals surface area (Å²) in [5.41, 5.74) is 3.30. The van der Waals surface area contributed by atoms with Gasteiger partial charge in [0.15, 0.2) is 5.82 Å². The van der Waals surface area contributed by atoms with Gasteiger partial charge in [-0.3, -0.25) is 9.10 Å². The summed E-state index contributed by atoms with van der Waals surface area (Å²) >= 11 is 6.49. The number of ether oxygens (including phenoxy) is 1. The van der Waals surface area contributed by atoms with Crippen LogP contribution in [0, 0.1) is 0 Å². The van der Waals surface area contributed by atoms with E-state index in [9.17, 15) is 9.00 Å². The van der Waals surface area contributed by atoms with Crippen molar-refractivity contribution in [3.05, 3.63) is 60.3 Å². The number of aromatic nitrogens is 2. The van der Waals surface area contributed by atoms with Crippen molar-refractivity contribution in [2.45, 2.75) is 19.9 Å². The van der Waals surface area contributed by atoms with Gasteiger partial charge in [-0.2, -0.15) is 4.98 Å². The van der Waals surface area contributed by atoms with Crippen molar-refractivity contribution in [2.75, 3.05) is 72.8 Å². The first-order valence-electron chi connectivity index (χ1n) is 13.2. The van der Waals surface area contributed by atoms with E-state index in [4.69, 9.17) is 16.3 Å². The number of carbonyl (C=O) groups is 1. The first-order valence-corrected chi connectivity index (χ1v) is 15.1. The molecule has 0 saturated heterocycles. The van der Waals surface area contributed by atoms with E-state index < -0.39 is 11.0 Å². The molecule has 3 aromatic rings. The fourth-order valence-electron chi connectivity index (χ4n) is 4.15. The molecule has 3 rings (SSSR count). The van der Waals surface area contributed by atoms with Crippen molar-refractivity contribution in [3.63, 3.8) is 0 Å². The van der Waals surface area contributed by atoms with Gasteiger partial charge in [0, 0.05) is 38.5 Å². The number of methoxy groups -OCH3 is 1. The van der Waals surface area contributed by atoms with Crippen molar-refractivity contribution in [3.8, 4) is 5.75 Å². The Morgan fingerprint density at radius 2 is 1.81 bits per heavy atom. The number of rotatable bonds is 14. The summed E-state index contributed by atoms with van der Waals surface area (Å²) in [7, 11) is 6.26. The van der Waals surface area contributed by atoms with E-state index in [1.165, 1.54) is 12.3 Å². The van der Waals surface area contributed by atoms with Gasteiger partial charge in [-0.25, -0.2) is 9.19 Å². The van der Waals surface area contributed by atoms with Gasteiger partial charge in [0.2, 0.25) is 11.9 Å². The fourth-order valence-corrected chi connectivity index (χ4v) is 5.32. The van der Waals surface area contributed by atoms with E-state index in [2.05, 4.69) is 37.4 Å². The van der Waals surface area contributed by atoms with Crippen molar-refractivity contribution in [1.29, 1.82) is 0 Å². The first-order chi connectivity index (χ1) is 19.9. The van der Waals surface area contributed by atoms with Gasteiger partial charge in [0.25, 0.3) is 0 Å². The maximum absolute atomic E-state index is 12.5. The standard InChI is InChI=1S/C29H39ClN8O3S/c1-9-27(39)32-22-16-23(26(41-7)17-25(22)37(6)15-14-36(4)5)34-29-31-18-20(30)28(35-29)33-21-12-10-11-13-24(21)38(19(2)3)42(8)40/h9-13,16-19H,1,14-15H2,2-8H3,(H,32,39)(H2,31,33,34,35). The van der Waals surface area contributed by atoms with Gasteiger partial charge in [-0.05, 0) is 52.2 Å². The maximum atomic E-state index is 12.5. The van der Waals surface area contributed by atoms with Crippen LogP contribution in [0.25, 0.3) is 0 Å². The van der Waals surface area contributed by atoms with Crippen LogP contribution >= 0.6 is 11.6 Å². The van der Waals surface area contributed by atoms with Crippen LogP contribution in [0.3, 0.4) is 0 Å². The second-order valence-corrected chi connectivity index (χ2v) is 11.6. The molecular formula is C29H39ClN8O3S. The third-order valence-electron chi connectivity index (χ3n) is 6.19. The van der Waals surface area contributed by atoms with Crippen LogP contribution in [0.5, 0.6) is 5.75 Å². The molecule has 0 radical (unpaired) electrons. The molecule has 1 atom stereocenters. The second-order valence-electron chi connectivity index (χ2n) is 9.99. The average Bonchev–Trinajstić information content (AvgIpc) is 2.94. The number of nitrogens with one attached hydrogen (secondary N) is 3. The Labute approximate surface area is 255 Å². The minimum atomic E-state index is -1.25. The molecule has 1 heterocycles. The molecule has 0 fully saturated rings. The zero-order valence-electron chi connectivity index (χ0n) is 25.1. The predicted octanol–water partition coefficient (Wildman–Crippen LogP) is 5.26. The van der Waals surface area contributed by atoms with Crippen LogP contribution in [0.1, 0.15) is 13.8 Å². The Morgan fingerprint density at radius 3 is 2.43 bits per heavy atom. The molecule has 3 N–H and O–H groups in total. The molecule has 11 nitrogen and oxygen atoms in total. The smallest absolute Gasteiger partial charge is 0.247 e. The minimum absolute atomic E-state index is 0.00924. The number of benzene rings is 2. The highest BCUT2D eigenvalue weighted by molar-refractivity contribution is 7.85. The number of hydrogen-bond donors (Lipinski definition) is 3. The fraction of sp³-hybridized carbons (Fsp3) is 0.345. The van der Waals surface area contributed by atoms with Crippen LogP contribution in [-0.4, -0.2) is 78.6 Å². The van der Waals surface area contributed by atoms with Gasteiger partial charge in [-0.15, -0.1) is 0 Å². The monoisotopic (exact) mass is 614 g/mol. The molecule has 0 spiro atoms. The van der Waals surface area contributed by atoms with Crippen LogP contribution in [-0.2, 0) is 15.8 Å². The van der Waals surface area contributed by atoms with Crippen LogP contribution in [0.15, 0.2) is 55.3 Å². The van der Waals surface area contributed by atoms with Gasteiger partial charge in [-0.1, -0.05) is 30.3 Å². The quantitative estimate of drug-likeness (QED) is 0.209. The zero-order chi connectivity index (χ0) is 31.0. The molecular weight excluding hydrogens is 576 g/mol. The number of halogens is 1. The van der Waals surface area contributed by atoms with Crippen LogP contribution in [0.4, 0.5) is 40.2 Å². The number of hydrogen-bond acceptors (Lipinski definition) is 9. The molecule has 1 aromatic heterocycles. The number of anilines is 7. The summed E-state index contributed by atoms with van der Waals surface area (Å²) in [6.45, 7) is 9.05. The van der Waals surface area contributed by atoms with Crippen molar-refractivity contribution in [1.82, 2.24) is 14.9 Å². The molecule has 1 amide bonds. The van der Waals surface area contributed by atoms with Gasteiger partial charge in [0.1, 0.15) is 21.8 Å². The van der Waals surface area contributed by atoms with Gasteiger partial charge >= 0.3 is 0 Å². The SMILES string of the molecule is C=CC(=O)Nc1cc(Nc2ncc(Cl)c(Nc3ccccc3N(C(C)C)S(C)=O)n2)c(OC)cc1N(C)CCN(C)C. The number of amides is 1. The van der Waals surface area contributed by atoms with Crippen LogP contribution < -0.4 is 29.9 Å². The van der Waals surface area contributed by atoms with Gasteiger partial charge < -0.3 is 30.5 Å². The summed E-state index contributed by atoms with van der Waals surface area (Å²) in [5.74, 6) is 0.776. The molecule has 13 heteroatoms. The molecule has 2 aromatic carbocycles. The van der Waals surface area contributed by atoms with Crippen molar-refractivity contribution >= 4 is 68.7 Å². The summed E-state index contributed by atoms with van der Waals surface area (Å²) < 4.78 is 20.0. The number of carbonyl (C=O) groups excluding carboxylic acids is 1. The molecule has 0 saturated carbocycles. The summed E-state index contributed by atoms with van der Waals surface area (Å²) in [6, 6.07) is 11.1. The number of para-hydroxylation sites is 2. The lowest BCUT2D eigenvalue weighted by atomic mass is 10.2. The third-order valence-corrected chi connectivity index (χ3v) is 7.64. The largest absolute Gasteiger partial charge is 0.494 e. The van der Waals surface area contributed by atoms with Gasteiger partial charge in [0.05, 0.1) is 41.7 Å². The van der Waals surface area contributed by atoms with Crippen LogP contribution in [0.2, 0.25) is 5.02 Å². The topological polar surface area (TPSA) is 115 Å². The Kier molecular flexibility index (Phi) is 11.5. The molecule has 42 heavy (non-hydrogen) atoms. The summed E-state index contributed by atoms with van der Waals surface area (Å²) in [5, 5.41) is 9.64. The number of likely N-dealkylation sites (N-methyl/N-ethyl adjacent to an activating group) is 2. The van der Waals surface area contributed by atoms with Crippen molar-refractivity contribution in [2.24, 2.45) is 0 Å². The Hall–Kier alpha value is -3.87. The molecule has 0 aliphatic rings. The Bertz CT molecular complexity index is 1440. The molecule has 226 valence electrons. The molecule has 0 aliphatic carbocycles. The van der Waals surface area contributed by atoms with Crippen molar-refractivity contribution < 1.29 is 13.7 Å². The summed E-state index contributed by atoms with van der Waals surface area (Å²) in [4.78, 5) is 25.4. The third kappa shape index (κ3) is 8.34. The first kappa shape index (κ1) is 32.6. The second kappa shape index (κ2) is 14.9. The van der Waals surface area contributed by atoms with E-state index in [1.807, 2.05) is 70.2 Å². The molecule has 1 unspecified atom stereocenters. The molecule has 0 aliphatic heterocycles.